The summed E-state index contributed by atoms with van der Waals surface area (Å²) in [5, 5.41) is 12.1. The quantitative estimate of drug-likeness (QED) is 0.591. The van der Waals surface area contributed by atoms with Crippen molar-refractivity contribution in [2.75, 3.05) is 0 Å². The van der Waals surface area contributed by atoms with Crippen LogP contribution in [-0.2, 0) is 9.59 Å². The average molecular weight is 391 g/mol. The van der Waals surface area contributed by atoms with Gasteiger partial charge >= 0.3 is 5.97 Å². The molecule has 0 radical (unpaired) electrons. The van der Waals surface area contributed by atoms with Crippen LogP contribution in [-0.4, -0.2) is 16.6 Å². The number of rotatable bonds is 8. The van der Waals surface area contributed by atoms with Gasteiger partial charge in [-0.2, -0.15) is 0 Å². The fourth-order valence-corrected chi connectivity index (χ4v) is 7.84. The van der Waals surface area contributed by atoms with E-state index in [2.05, 4.69) is 0 Å². The number of carbonyl (C=O) groups is 2. The van der Waals surface area contributed by atoms with Crippen LogP contribution in [0.1, 0.15) is 19.8 Å². The van der Waals surface area contributed by atoms with Crippen molar-refractivity contribution in [1.29, 1.82) is 0 Å². The van der Waals surface area contributed by atoms with Gasteiger partial charge in [0, 0.05) is 12.8 Å². The van der Waals surface area contributed by atoms with Crippen LogP contribution in [0.15, 0.2) is 91.0 Å². The largest absolute Gasteiger partial charge is 0.481 e. The summed E-state index contributed by atoms with van der Waals surface area (Å²) < 4.78 is 0. The molecule has 3 aromatic carbocycles. The highest BCUT2D eigenvalue weighted by Crippen LogP contribution is 2.57. The second-order valence-corrected chi connectivity index (χ2v) is 10.4. The lowest BCUT2D eigenvalue weighted by atomic mass is 10.1. The first kappa shape index (κ1) is 20.0. The third kappa shape index (κ3) is 4.05. The molecule has 3 nitrogen and oxygen atoms in total. The van der Waals surface area contributed by atoms with E-state index in [1.54, 1.807) is 0 Å². The highest BCUT2D eigenvalue weighted by atomic mass is 31.2. The molecule has 3 aromatic rings. The molecule has 3 rings (SSSR count). The van der Waals surface area contributed by atoms with Crippen LogP contribution in [0.5, 0.6) is 0 Å². The molecule has 4 heteroatoms. The Morgan fingerprint density at radius 1 is 0.714 bits per heavy atom. The maximum absolute atomic E-state index is 13.9. The minimum atomic E-state index is -2.57. The molecule has 0 fully saturated rings. The van der Waals surface area contributed by atoms with Gasteiger partial charge in [-0.15, -0.1) is 0 Å². The van der Waals surface area contributed by atoms with Gasteiger partial charge in [-0.05, 0) is 42.3 Å². The molecule has 1 atom stereocenters. The average Bonchev–Trinajstić information content (AvgIpc) is 2.70. The molecule has 0 saturated heterocycles. The van der Waals surface area contributed by atoms with E-state index in [9.17, 15) is 9.59 Å². The highest BCUT2D eigenvalue weighted by molar-refractivity contribution is 8.08. The number of hydrogen-bond acceptors (Lipinski definition) is 2. The van der Waals surface area contributed by atoms with Gasteiger partial charge in [-0.3, -0.25) is 9.59 Å². The predicted octanol–water partition coefficient (Wildman–Crippen LogP) is 4.01. The van der Waals surface area contributed by atoms with Gasteiger partial charge in [0.25, 0.3) is 5.52 Å². The summed E-state index contributed by atoms with van der Waals surface area (Å²) >= 11 is 0. The van der Waals surface area contributed by atoms with E-state index in [0.717, 1.165) is 15.9 Å². The van der Waals surface area contributed by atoms with Crippen molar-refractivity contribution < 1.29 is 14.7 Å². The van der Waals surface area contributed by atoms with Crippen molar-refractivity contribution in [3.8, 4) is 0 Å². The second-order valence-electron chi connectivity index (χ2n) is 6.98. The topological polar surface area (TPSA) is 54.4 Å². The minimum Gasteiger partial charge on any atom is -0.481 e. The highest BCUT2D eigenvalue weighted by Gasteiger charge is 2.52. The Kier molecular flexibility index (Phi) is 6.38. The first-order valence-electron chi connectivity index (χ1n) is 9.36. The maximum Gasteiger partial charge on any atom is 0.303 e. The summed E-state index contributed by atoms with van der Waals surface area (Å²) in [6, 6.07) is 29.8. The van der Waals surface area contributed by atoms with Crippen LogP contribution >= 0.6 is 7.26 Å². The van der Waals surface area contributed by atoms with E-state index >= 15 is 0 Å². The summed E-state index contributed by atoms with van der Waals surface area (Å²) in [7, 11) is -2.57. The maximum atomic E-state index is 13.9. The van der Waals surface area contributed by atoms with Crippen molar-refractivity contribution in [2.24, 2.45) is 5.92 Å². The van der Waals surface area contributed by atoms with Gasteiger partial charge < -0.3 is 5.11 Å². The van der Waals surface area contributed by atoms with Crippen LogP contribution in [0.25, 0.3) is 0 Å². The Morgan fingerprint density at radius 3 is 1.39 bits per heavy atom. The molecule has 0 saturated carbocycles. The third-order valence-corrected chi connectivity index (χ3v) is 9.00. The van der Waals surface area contributed by atoms with E-state index < -0.39 is 13.2 Å². The summed E-state index contributed by atoms with van der Waals surface area (Å²) in [5.74, 6) is -1.09. The van der Waals surface area contributed by atoms with E-state index in [0.29, 0.717) is 0 Å². The molecule has 0 aliphatic rings. The molecule has 0 amide bonds. The minimum absolute atomic E-state index is 0.00981. The summed E-state index contributed by atoms with van der Waals surface area (Å²) in [4.78, 5) is 25.1. The van der Waals surface area contributed by atoms with E-state index in [-0.39, 0.29) is 24.3 Å². The van der Waals surface area contributed by atoms with Gasteiger partial charge in [0.05, 0.1) is 0 Å². The van der Waals surface area contributed by atoms with E-state index in [1.807, 2.05) is 97.9 Å². The van der Waals surface area contributed by atoms with Crippen LogP contribution in [0.3, 0.4) is 0 Å². The second kappa shape index (κ2) is 8.95. The lowest BCUT2D eigenvalue weighted by Crippen LogP contribution is -2.37. The molecule has 0 bridgehead atoms. The van der Waals surface area contributed by atoms with Crippen molar-refractivity contribution in [1.82, 2.24) is 0 Å². The SMILES string of the molecule is CC(CC(=O)O)CC(=O)[P+](c1ccccc1)(c1ccccc1)c1ccccc1. The van der Waals surface area contributed by atoms with Gasteiger partial charge in [0.2, 0.25) is 0 Å². The number of carboxylic acids is 1. The molecule has 1 unspecified atom stereocenters. The van der Waals surface area contributed by atoms with Crippen LogP contribution < -0.4 is 15.9 Å². The van der Waals surface area contributed by atoms with E-state index in [1.165, 1.54) is 0 Å². The summed E-state index contributed by atoms with van der Waals surface area (Å²) in [5.41, 5.74) is 0.116. The molecule has 28 heavy (non-hydrogen) atoms. The van der Waals surface area contributed by atoms with Crippen molar-refractivity contribution in [2.45, 2.75) is 19.8 Å². The van der Waals surface area contributed by atoms with Gasteiger partial charge in [-0.1, -0.05) is 61.5 Å². The first-order valence-corrected chi connectivity index (χ1v) is 11.1. The lowest BCUT2D eigenvalue weighted by Gasteiger charge is -2.26. The number of carbonyl (C=O) groups excluding carboxylic acids is 1. The number of aliphatic carboxylic acids is 1. The third-order valence-electron chi connectivity index (χ3n) is 4.85. The van der Waals surface area contributed by atoms with Gasteiger partial charge in [0.15, 0.2) is 7.26 Å². The Bertz CT molecular complexity index is 827. The van der Waals surface area contributed by atoms with Crippen LogP contribution in [0, 0.1) is 5.92 Å². The first-order chi connectivity index (χ1) is 13.5. The molecule has 0 spiro atoms. The zero-order valence-corrected chi connectivity index (χ0v) is 16.8. The number of carboxylic acid groups (broad SMARTS) is 1. The van der Waals surface area contributed by atoms with Gasteiger partial charge in [0.1, 0.15) is 15.9 Å². The Morgan fingerprint density at radius 2 is 1.07 bits per heavy atom. The van der Waals surface area contributed by atoms with Crippen molar-refractivity contribution in [3.05, 3.63) is 91.0 Å². The van der Waals surface area contributed by atoms with Crippen LogP contribution in [0.2, 0.25) is 0 Å². The Labute approximate surface area is 166 Å². The molecule has 0 aromatic heterocycles. The molecular weight excluding hydrogens is 367 g/mol. The smallest absolute Gasteiger partial charge is 0.303 e. The molecule has 0 aliphatic heterocycles. The zero-order valence-electron chi connectivity index (χ0n) is 15.9. The fraction of sp³-hybridized carbons (Fsp3) is 0.167. The van der Waals surface area contributed by atoms with Gasteiger partial charge in [-0.25, -0.2) is 0 Å². The number of benzene rings is 3. The predicted molar refractivity (Wildman–Crippen MR) is 116 cm³/mol. The lowest BCUT2D eigenvalue weighted by molar-refractivity contribution is -0.138. The Hall–Kier alpha value is -2.77. The molecule has 1 N–H and O–H groups in total. The standard InChI is InChI=1S/C24H23O3P/c1-19(17-23(25)26)18-24(27)28(20-11-5-2-6-12-20,21-13-7-3-8-14-21)22-15-9-4-10-16-22/h2-16,19H,17-18H2,1H3/p+1. The number of hydrogen-bond donors (Lipinski definition) is 1. The monoisotopic (exact) mass is 391 g/mol. The normalized spacial score (nSPS) is 12.3. The fourth-order valence-electron chi connectivity index (χ4n) is 3.64. The summed E-state index contributed by atoms with van der Waals surface area (Å²) in [6.45, 7) is 1.84. The molecule has 0 heterocycles. The summed E-state index contributed by atoms with van der Waals surface area (Å²) in [6.07, 6.45) is 0.225. The molecular formula is C24H24O3P+. The van der Waals surface area contributed by atoms with Crippen molar-refractivity contribution >= 4 is 34.7 Å². The molecule has 142 valence electrons. The zero-order chi connectivity index (χ0) is 20.0. The molecule has 0 aliphatic carbocycles. The Balaban J connectivity index is 2.22. The van der Waals surface area contributed by atoms with Crippen molar-refractivity contribution in [3.63, 3.8) is 0 Å². The van der Waals surface area contributed by atoms with E-state index in [4.69, 9.17) is 5.11 Å². The van der Waals surface area contributed by atoms with Crippen LogP contribution in [0.4, 0.5) is 0 Å².